The summed E-state index contributed by atoms with van der Waals surface area (Å²) >= 11 is 5.97. The highest BCUT2D eigenvalue weighted by Crippen LogP contribution is 2.34. The number of hydrogen-bond acceptors (Lipinski definition) is 3. The van der Waals surface area contributed by atoms with Gasteiger partial charge in [0.05, 0.1) is 16.3 Å². The van der Waals surface area contributed by atoms with Gasteiger partial charge in [-0.25, -0.2) is 10.9 Å². The molecule has 1 heterocycles. The normalized spacial score (nSPS) is 19.4. The Hall–Kier alpha value is -2.61. The van der Waals surface area contributed by atoms with E-state index < -0.39 is 23.7 Å². The summed E-state index contributed by atoms with van der Waals surface area (Å²) in [5.74, 6) is -0.457. The van der Waals surface area contributed by atoms with Crippen LogP contribution in [0.5, 0.6) is 0 Å². The quantitative estimate of drug-likeness (QED) is 0.556. The lowest BCUT2D eigenvalue weighted by molar-refractivity contribution is -0.137. The number of benzene rings is 3. The van der Waals surface area contributed by atoms with Crippen molar-refractivity contribution in [3.63, 3.8) is 0 Å². The Morgan fingerprint density at radius 2 is 1.79 bits per heavy atom. The average Bonchev–Trinajstić information content (AvgIpc) is 3.18. The van der Waals surface area contributed by atoms with Crippen LogP contribution in [-0.2, 0) is 11.0 Å². The Bertz CT molecular complexity index is 1070. The largest absolute Gasteiger partial charge is 0.416 e. The Kier molecular flexibility index (Phi) is 5.21. The van der Waals surface area contributed by atoms with Gasteiger partial charge in [-0.15, -0.1) is 0 Å². The van der Waals surface area contributed by atoms with E-state index in [1.165, 1.54) is 0 Å². The minimum absolute atomic E-state index is 0.0444. The van der Waals surface area contributed by atoms with Crippen LogP contribution < -0.4 is 16.2 Å². The second kappa shape index (κ2) is 7.67. The Morgan fingerprint density at radius 3 is 2.59 bits per heavy atom. The van der Waals surface area contributed by atoms with Crippen molar-refractivity contribution in [3.8, 4) is 0 Å². The molecule has 0 aromatic heterocycles. The molecule has 1 amide bonds. The first-order valence-corrected chi connectivity index (χ1v) is 9.37. The summed E-state index contributed by atoms with van der Waals surface area (Å²) in [4.78, 5) is 12.6. The molecule has 3 aromatic carbocycles. The standard InChI is InChI=1S/C21H17ClF3N3O/c22-16-9-8-13(21(23,24)25)10-18(16)26-20(29)19-11-17(27-28-19)15-7-3-5-12-4-1-2-6-14(12)15/h1-10,17,19,27-28H,11H2,(H,26,29). The maximum atomic E-state index is 12.9. The number of halogens is 4. The zero-order chi connectivity index (χ0) is 20.6. The van der Waals surface area contributed by atoms with Crippen LogP contribution in [0.25, 0.3) is 10.8 Å². The zero-order valence-electron chi connectivity index (χ0n) is 15.1. The fraction of sp³-hybridized carbons (Fsp3) is 0.190. The summed E-state index contributed by atoms with van der Waals surface area (Å²) in [5, 5.41) is 4.72. The number of nitrogens with one attached hydrogen (secondary N) is 3. The van der Waals surface area contributed by atoms with Crippen LogP contribution in [0.2, 0.25) is 5.02 Å². The second-order valence-corrected chi connectivity index (χ2v) is 7.29. The molecule has 1 aliphatic rings. The van der Waals surface area contributed by atoms with Crippen molar-refractivity contribution in [2.75, 3.05) is 5.32 Å². The van der Waals surface area contributed by atoms with Gasteiger partial charge in [0.1, 0.15) is 6.04 Å². The summed E-state index contributed by atoms with van der Waals surface area (Å²) in [7, 11) is 0. The molecule has 0 spiro atoms. The Labute approximate surface area is 170 Å². The third kappa shape index (κ3) is 4.07. The average molecular weight is 420 g/mol. The summed E-state index contributed by atoms with van der Waals surface area (Å²) in [6.07, 6.45) is -4.08. The van der Waals surface area contributed by atoms with Crippen LogP contribution >= 0.6 is 11.6 Å². The zero-order valence-corrected chi connectivity index (χ0v) is 15.8. The predicted molar refractivity (Wildman–Crippen MR) is 106 cm³/mol. The molecule has 2 unspecified atom stereocenters. The second-order valence-electron chi connectivity index (χ2n) is 6.88. The van der Waals surface area contributed by atoms with Crippen molar-refractivity contribution < 1.29 is 18.0 Å². The number of alkyl halides is 3. The predicted octanol–water partition coefficient (Wildman–Crippen LogP) is 5.06. The molecule has 0 bridgehead atoms. The van der Waals surface area contributed by atoms with Crippen molar-refractivity contribution in [2.24, 2.45) is 0 Å². The van der Waals surface area contributed by atoms with Gasteiger partial charge in [0.2, 0.25) is 5.91 Å². The van der Waals surface area contributed by atoms with Gasteiger partial charge < -0.3 is 5.32 Å². The molecule has 1 fully saturated rings. The Balaban J connectivity index is 1.50. The molecular weight excluding hydrogens is 403 g/mol. The lowest BCUT2D eigenvalue weighted by atomic mass is 9.96. The molecule has 4 nitrogen and oxygen atoms in total. The highest BCUT2D eigenvalue weighted by Gasteiger charge is 2.33. The van der Waals surface area contributed by atoms with Gasteiger partial charge in [-0.3, -0.25) is 4.79 Å². The molecule has 4 rings (SSSR count). The van der Waals surface area contributed by atoms with E-state index in [0.717, 1.165) is 34.5 Å². The number of rotatable bonds is 3. The van der Waals surface area contributed by atoms with E-state index in [1.54, 1.807) is 0 Å². The molecular formula is C21H17ClF3N3O. The molecule has 3 N–H and O–H groups in total. The summed E-state index contributed by atoms with van der Waals surface area (Å²) in [6, 6.07) is 16.0. The van der Waals surface area contributed by atoms with Crippen LogP contribution in [0, 0.1) is 0 Å². The lowest BCUT2D eigenvalue weighted by Gasteiger charge is -2.14. The molecule has 0 radical (unpaired) electrons. The number of amides is 1. The van der Waals surface area contributed by atoms with Gasteiger partial charge >= 0.3 is 6.18 Å². The number of fused-ring (bicyclic) bond motifs is 1. The molecule has 8 heteroatoms. The first-order valence-electron chi connectivity index (χ1n) is 8.99. The third-order valence-electron chi connectivity index (χ3n) is 4.97. The highest BCUT2D eigenvalue weighted by atomic mass is 35.5. The van der Waals surface area contributed by atoms with Gasteiger partial charge in [-0.2, -0.15) is 13.2 Å². The van der Waals surface area contributed by atoms with Crippen LogP contribution in [-0.4, -0.2) is 11.9 Å². The topological polar surface area (TPSA) is 53.2 Å². The minimum atomic E-state index is -4.52. The fourth-order valence-corrected chi connectivity index (χ4v) is 3.67. The van der Waals surface area contributed by atoms with Crippen molar-refractivity contribution in [1.82, 2.24) is 10.9 Å². The lowest BCUT2D eigenvalue weighted by Crippen LogP contribution is -2.39. The molecule has 2 atom stereocenters. The molecule has 0 aliphatic carbocycles. The highest BCUT2D eigenvalue weighted by molar-refractivity contribution is 6.33. The third-order valence-corrected chi connectivity index (χ3v) is 5.30. The van der Waals surface area contributed by atoms with Crippen molar-refractivity contribution >= 4 is 34.0 Å². The van der Waals surface area contributed by atoms with Gasteiger partial charge in [-0.05, 0) is 41.0 Å². The number of anilines is 1. The fourth-order valence-electron chi connectivity index (χ4n) is 3.50. The molecule has 150 valence electrons. The molecule has 1 aliphatic heterocycles. The van der Waals surface area contributed by atoms with Crippen molar-refractivity contribution in [1.29, 1.82) is 0 Å². The molecule has 3 aromatic rings. The first kappa shape index (κ1) is 19.7. The molecule has 0 saturated carbocycles. The van der Waals surface area contributed by atoms with Crippen molar-refractivity contribution in [2.45, 2.75) is 24.7 Å². The summed E-state index contributed by atoms with van der Waals surface area (Å²) in [6.45, 7) is 0. The number of hydrazine groups is 1. The number of carbonyl (C=O) groups is 1. The van der Waals surface area contributed by atoms with Crippen molar-refractivity contribution in [3.05, 3.63) is 76.8 Å². The summed E-state index contributed by atoms with van der Waals surface area (Å²) < 4.78 is 38.8. The minimum Gasteiger partial charge on any atom is -0.323 e. The van der Waals surface area contributed by atoms with E-state index >= 15 is 0 Å². The molecule has 1 saturated heterocycles. The van der Waals surface area contributed by atoms with E-state index in [-0.39, 0.29) is 16.8 Å². The van der Waals surface area contributed by atoms with E-state index in [1.807, 2.05) is 42.5 Å². The number of hydrogen-bond donors (Lipinski definition) is 3. The van der Waals surface area contributed by atoms with E-state index in [0.29, 0.717) is 6.42 Å². The van der Waals surface area contributed by atoms with Gasteiger partial charge in [0.15, 0.2) is 0 Å². The van der Waals surface area contributed by atoms with Crippen LogP contribution in [0.1, 0.15) is 23.6 Å². The first-order chi connectivity index (χ1) is 13.8. The monoisotopic (exact) mass is 419 g/mol. The van der Waals surface area contributed by atoms with Gasteiger partial charge in [0, 0.05) is 6.04 Å². The van der Waals surface area contributed by atoms with Crippen LogP contribution in [0.4, 0.5) is 18.9 Å². The Morgan fingerprint density at radius 1 is 1.03 bits per heavy atom. The van der Waals surface area contributed by atoms with Gasteiger partial charge in [0.25, 0.3) is 0 Å². The van der Waals surface area contributed by atoms with Crippen LogP contribution in [0.3, 0.4) is 0 Å². The van der Waals surface area contributed by atoms with E-state index in [4.69, 9.17) is 11.6 Å². The summed E-state index contributed by atoms with van der Waals surface area (Å²) in [5.41, 5.74) is 6.14. The number of carbonyl (C=O) groups excluding carboxylic acids is 1. The van der Waals surface area contributed by atoms with Gasteiger partial charge in [-0.1, -0.05) is 54.1 Å². The maximum Gasteiger partial charge on any atom is 0.416 e. The SMILES string of the molecule is O=C(Nc1cc(C(F)(F)F)ccc1Cl)C1CC(c2cccc3ccccc23)NN1. The molecule has 29 heavy (non-hydrogen) atoms. The smallest absolute Gasteiger partial charge is 0.323 e. The maximum absolute atomic E-state index is 12.9. The van der Waals surface area contributed by atoms with E-state index in [9.17, 15) is 18.0 Å². The van der Waals surface area contributed by atoms with Crippen LogP contribution in [0.15, 0.2) is 60.7 Å². The van der Waals surface area contributed by atoms with E-state index in [2.05, 4.69) is 16.2 Å².